The Hall–Kier alpha value is -0.830. The van der Waals surface area contributed by atoms with Crippen LogP contribution in [0.4, 0.5) is 0 Å². The maximum atomic E-state index is 11.7. The van der Waals surface area contributed by atoms with Gasteiger partial charge in [0.15, 0.2) is 0 Å². The quantitative estimate of drug-likeness (QED) is 0.836. The first kappa shape index (κ1) is 12.2. The summed E-state index contributed by atoms with van der Waals surface area (Å²) >= 11 is 3.38. The van der Waals surface area contributed by atoms with Gasteiger partial charge in [-0.05, 0) is 37.1 Å². The molecule has 0 saturated heterocycles. The van der Waals surface area contributed by atoms with E-state index < -0.39 is 0 Å². The Morgan fingerprint density at radius 2 is 2.13 bits per heavy atom. The van der Waals surface area contributed by atoms with E-state index in [4.69, 9.17) is 0 Å². The third-order valence-electron chi connectivity index (χ3n) is 2.12. The molecule has 0 bridgehead atoms. The zero-order chi connectivity index (χ0) is 11.3. The molecule has 3 heteroatoms. The first-order chi connectivity index (χ1) is 7.13. The minimum atomic E-state index is 0.00727. The molecule has 0 atom stereocenters. The Balaban J connectivity index is 2.65. The maximum absolute atomic E-state index is 11.7. The van der Waals surface area contributed by atoms with Crippen LogP contribution in [-0.4, -0.2) is 12.5 Å². The van der Waals surface area contributed by atoms with Gasteiger partial charge in [-0.15, -0.1) is 0 Å². The van der Waals surface area contributed by atoms with Crippen molar-refractivity contribution >= 4 is 21.8 Å². The van der Waals surface area contributed by atoms with Crippen molar-refractivity contribution in [3.63, 3.8) is 0 Å². The predicted molar refractivity (Wildman–Crippen MR) is 66.1 cm³/mol. The molecule has 82 valence electrons. The number of amides is 1. The Morgan fingerprint density at radius 1 is 1.40 bits per heavy atom. The van der Waals surface area contributed by atoms with Crippen molar-refractivity contribution in [2.24, 2.45) is 0 Å². The Labute approximate surface area is 99.2 Å². The Kier molecular flexibility index (Phi) is 4.82. The van der Waals surface area contributed by atoms with Gasteiger partial charge in [0.2, 0.25) is 0 Å². The summed E-state index contributed by atoms with van der Waals surface area (Å²) in [5.74, 6) is 0.00727. The summed E-state index contributed by atoms with van der Waals surface area (Å²) in [6, 6.07) is 5.73. The highest BCUT2D eigenvalue weighted by molar-refractivity contribution is 9.10. The fourth-order valence-electron chi connectivity index (χ4n) is 1.35. The van der Waals surface area contributed by atoms with Crippen LogP contribution in [0.2, 0.25) is 0 Å². The number of hydrogen-bond acceptors (Lipinski definition) is 1. The summed E-state index contributed by atoms with van der Waals surface area (Å²) in [4.78, 5) is 11.7. The number of aryl methyl sites for hydroxylation is 1. The molecular weight excluding hydrogens is 254 g/mol. The number of unbranched alkanes of at least 4 members (excludes halogenated alkanes) is 1. The summed E-state index contributed by atoms with van der Waals surface area (Å²) in [6.45, 7) is 4.84. The smallest absolute Gasteiger partial charge is 0.251 e. The monoisotopic (exact) mass is 269 g/mol. The Morgan fingerprint density at radius 3 is 2.73 bits per heavy atom. The first-order valence-electron chi connectivity index (χ1n) is 5.19. The van der Waals surface area contributed by atoms with E-state index in [1.807, 2.05) is 25.1 Å². The summed E-state index contributed by atoms with van der Waals surface area (Å²) in [5.41, 5.74) is 1.81. The van der Waals surface area contributed by atoms with Crippen molar-refractivity contribution in [3.8, 4) is 0 Å². The number of carbonyl (C=O) groups excluding carboxylic acids is 1. The van der Waals surface area contributed by atoms with Crippen LogP contribution in [0.25, 0.3) is 0 Å². The normalized spacial score (nSPS) is 10.1. The van der Waals surface area contributed by atoms with Crippen molar-refractivity contribution in [1.82, 2.24) is 5.32 Å². The lowest BCUT2D eigenvalue weighted by atomic mass is 10.1. The van der Waals surface area contributed by atoms with Crippen LogP contribution >= 0.6 is 15.9 Å². The van der Waals surface area contributed by atoms with Gasteiger partial charge in [-0.1, -0.05) is 29.3 Å². The first-order valence-corrected chi connectivity index (χ1v) is 5.98. The fraction of sp³-hybridized carbons (Fsp3) is 0.417. The number of carbonyl (C=O) groups is 1. The van der Waals surface area contributed by atoms with Gasteiger partial charge in [0.25, 0.3) is 5.91 Å². The predicted octanol–water partition coefficient (Wildman–Crippen LogP) is 3.29. The van der Waals surface area contributed by atoms with Gasteiger partial charge in [-0.3, -0.25) is 4.79 Å². The molecular formula is C12H16BrNO. The van der Waals surface area contributed by atoms with Gasteiger partial charge in [0.1, 0.15) is 0 Å². The van der Waals surface area contributed by atoms with E-state index in [1.165, 1.54) is 0 Å². The van der Waals surface area contributed by atoms with Gasteiger partial charge in [0, 0.05) is 16.6 Å². The van der Waals surface area contributed by atoms with Crippen molar-refractivity contribution in [2.75, 3.05) is 6.54 Å². The second kappa shape index (κ2) is 5.91. The minimum Gasteiger partial charge on any atom is -0.352 e. The molecule has 1 N–H and O–H groups in total. The SMILES string of the molecule is CCCCNC(=O)c1cc(C)cc(Br)c1. The molecule has 0 fully saturated rings. The summed E-state index contributed by atoms with van der Waals surface area (Å²) in [6.07, 6.45) is 2.12. The number of halogens is 1. The average Bonchev–Trinajstić information content (AvgIpc) is 2.16. The molecule has 0 aliphatic heterocycles. The van der Waals surface area contributed by atoms with Gasteiger partial charge >= 0.3 is 0 Å². The zero-order valence-electron chi connectivity index (χ0n) is 9.14. The Bertz CT molecular complexity index is 329. The average molecular weight is 270 g/mol. The molecule has 0 aliphatic rings. The number of rotatable bonds is 4. The highest BCUT2D eigenvalue weighted by Crippen LogP contribution is 2.15. The number of nitrogens with one attached hydrogen (secondary N) is 1. The summed E-state index contributed by atoms with van der Waals surface area (Å²) in [7, 11) is 0. The van der Waals surface area contributed by atoms with Crippen molar-refractivity contribution in [3.05, 3.63) is 33.8 Å². The highest BCUT2D eigenvalue weighted by Gasteiger charge is 2.05. The fourth-order valence-corrected chi connectivity index (χ4v) is 1.96. The number of benzene rings is 1. The molecule has 1 aromatic rings. The van der Waals surface area contributed by atoms with Crippen molar-refractivity contribution < 1.29 is 4.79 Å². The van der Waals surface area contributed by atoms with Crippen molar-refractivity contribution in [2.45, 2.75) is 26.7 Å². The lowest BCUT2D eigenvalue weighted by Gasteiger charge is -2.05. The molecule has 15 heavy (non-hydrogen) atoms. The minimum absolute atomic E-state index is 0.00727. The molecule has 1 rings (SSSR count). The van der Waals surface area contributed by atoms with Crippen LogP contribution in [0.15, 0.2) is 22.7 Å². The van der Waals surface area contributed by atoms with E-state index in [9.17, 15) is 4.79 Å². The van der Waals surface area contributed by atoms with Gasteiger partial charge in [-0.25, -0.2) is 0 Å². The number of hydrogen-bond donors (Lipinski definition) is 1. The molecule has 0 spiro atoms. The van der Waals surface area contributed by atoms with E-state index >= 15 is 0 Å². The van der Waals surface area contributed by atoms with Crippen LogP contribution in [-0.2, 0) is 0 Å². The molecule has 1 amide bonds. The van der Waals surface area contributed by atoms with Crippen LogP contribution in [0.3, 0.4) is 0 Å². The summed E-state index contributed by atoms with van der Waals surface area (Å²) in [5, 5.41) is 2.89. The van der Waals surface area contributed by atoms with Crippen LogP contribution in [0.1, 0.15) is 35.7 Å². The van der Waals surface area contributed by atoms with Crippen LogP contribution in [0.5, 0.6) is 0 Å². The lowest BCUT2D eigenvalue weighted by molar-refractivity contribution is 0.0953. The van der Waals surface area contributed by atoms with E-state index in [0.717, 1.165) is 35.0 Å². The second-order valence-electron chi connectivity index (χ2n) is 3.63. The molecule has 1 aromatic carbocycles. The zero-order valence-corrected chi connectivity index (χ0v) is 10.7. The largest absolute Gasteiger partial charge is 0.352 e. The third-order valence-corrected chi connectivity index (χ3v) is 2.58. The third kappa shape index (κ3) is 4.04. The summed E-state index contributed by atoms with van der Waals surface area (Å²) < 4.78 is 0.947. The molecule has 0 radical (unpaired) electrons. The van der Waals surface area contributed by atoms with Gasteiger partial charge in [-0.2, -0.15) is 0 Å². The molecule has 2 nitrogen and oxygen atoms in total. The lowest BCUT2D eigenvalue weighted by Crippen LogP contribution is -2.24. The molecule has 0 aliphatic carbocycles. The maximum Gasteiger partial charge on any atom is 0.251 e. The molecule has 0 heterocycles. The second-order valence-corrected chi connectivity index (χ2v) is 4.54. The molecule has 0 aromatic heterocycles. The van der Waals surface area contributed by atoms with E-state index in [2.05, 4.69) is 28.2 Å². The van der Waals surface area contributed by atoms with Crippen LogP contribution in [0, 0.1) is 6.92 Å². The van der Waals surface area contributed by atoms with Gasteiger partial charge < -0.3 is 5.32 Å². The van der Waals surface area contributed by atoms with E-state index in [1.54, 1.807) is 0 Å². The topological polar surface area (TPSA) is 29.1 Å². The van der Waals surface area contributed by atoms with Crippen LogP contribution < -0.4 is 5.32 Å². The van der Waals surface area contributed by atoms with Gasteiger partial charge in [0.05, 0.1) is 0 Å². The van der Waals surface area contributed by atoms with E-state index in [-0.39, 0.29) is 5.91 Å². The standard InChI is InChI=1S/C12H16BrNO/c1-3-4-5-14-12(15)10-6-9(2)7-11(13)8-10/h6-8H,3-5H2,1-2H3,(H,14,15). The van der Waals surface area contributed by atoms with E-state index in [0.29, 0.717) is 0 Å². The van der Waals surface area contributed by atoms with Crippen molar-refractivity contribution in [1.29, 1.82) is 0 Å². The molecule has 0 unspecified atom stereocenters. The highest BCUT2D eigenvalue weighted by atomic mass is 79.9. The molecule has 0 saturated carbocycles.